The van der Waals surface area contributed by atoms with E-state index in [2.05, 4.69) is 0 Å². The first-order valence-electron chi connectivity index (χ1n) is 4.47. The van der Waals surface area contributed by atoms with Crippen molar-refractivity contribution >= 4 is 9.84 Å². The molecule has 15 heavy (non-hydrogen) atoms. The summed E-state index contributed by atoms with van der Waals surface area (Å²) in [5.41, 5.74) is 0.0579. The van der Waals surface area contributed by atoms with Gasteiger partial charge in [0, 0.05) is 24.3 Å². The summed E-state index contributed by atoms with van der Waals surface area (Å²) in [7, 11) is -3.46. The maximum atomic E-state index is 13.4. The number of aliphatic hydroxyl groups excluding tert-OH is 1. The summed E-state index contributed by atoms with van der Waals surface area (Å²) in [5, 5.41) is 8.94. The Hall–Kier alpha value is -0.940. The van der Waals surface area contributed by atoms with Crippen molar-refractivity contribution in [2.24, 2.45) is 0 Å². The van der Waals surface area contributed by atoms with Gasteiger partial charge in [-0.25, -0.2) is 12.8 Å². The lowest BCUT2D eigenvalue weighted by Gasteiger charge is -2.13. The summed E-state index contributed by atoms with van der Waals surface area (Å²) in [6.45, 7) is 1.29. The molecule has 0 fully saturated rings. The summed E-state index contributed by atoms with van der Waals surface area (Å²) in [4.78, 5) is -0.0518. The van der Waals surface area contributed by atoms with Crippen molar-refractivity contribution in [3.63, 3.8) is 0 Å². The molecular weight excluding hydrogens is 219 g/mol. The Bertz CT molecular complexity index is 454. The second kappa shape index (κ2) is 4.28. The molecule has 0 aliphatic carbocycles. The Labute approximate surface area is 88.5 Å². The number of rotatable bonds is 3. The van der Waals surface area contributed by atoms with E-state index in [0.717, 1.165) is 6.26 Å². The Morgan fingerprint density at radius 2 is 2.07 bits per heavy atom. The third kappa shape index (κ3) is 2.54. The van der Waals surface area contributed by atoms with Crippen molar-refractivity contribution in [1.82, 2.24) is 0 Å². The van der Waals surface area contributed by atoms with Crippen molar-refractivity contribution in [1.29, 1.82) is 0 Å². The highest BCUT2D eigenvalue weighted by Crippen LogP contribution is 2.26. The Morgan fingerprint density at radius 3 is 2.53 bits per heavy atom. The van der Waals surface area contributed by atoms with E-state index in [0.29, 0.717) is 0 Å². The summed E-state index contributed by atoms with van der Waals surface area (Å²) in [6.07, 6.45) is 1.02. The zero-order valence-corrected chi connectivity index (χ0v) is 9.38. The summed E-state index contributed by atoms with van der Waals surface area (Å²) >= 11 is 0. The molecule has 3 nitrogen and oxygen atoms in total. The lowest BCUT2D eigenvalue weighted by atomic mass is 10.0. The number of sulfone groups is 1. The van der Waals surface area contributed by atoms with Crippen LogP contribution in [0.25, 0.3) is 0 Å². The standard InChI is InChI=1S/C10H13FO3S/c1-7(6-12)10-8(11)4-3-5-9(10)15(2,13)14/h3-5,7,12H,6H2,1-2H3. The largest absolute Gasteiger partial charge is 0.396 e. The average molecular weight is 232 g/mol. The van der Waals surface area contributed by atoms with E-state index < -0.39 is 21.6 Å². The third-order valence-electron chi connectivity index (χ3n) is 2.18. The Kier molecular flexibility index (Phi) is 3.46. The molecule has 0 amide bonds. The second-order valence-corrected chi connectivity index (χ2v) is 5.49. The van der Waals surface area contributed by atoms with E-state index in [1.54, 1.807) is 6.92 Å². The monoisotopic (exact) mass is 232 g/mol. The van der Waals surface area contributed by atoms with Gasteiger partial charge in [-0.2, -0.15) is 0 Å². The third-order valence-corrected chi connectivity index (χ3v) is 3.33. The molecule has 1 rings (SSSR count). The minimum atomic E-state index is -3.46. The van der Waals surface area contributed by atoms with Gasteiger partial charge in [-0.15, -0.1) is 0 Å². The quantitative estimate of drug-likeness (QED) is 0.855. The number of benzene rings is 1. The van der Waals surface area contributed by atoms with Crippen LogP contribution in [0.2, 0.25) is 0 Å². The molecule has 84 valence electrons. The van der Waals surface area contributed by atoms with E-state index >= 15 is 0 Å². The van der Waals surface area contributed by atoms with Gasteiger partial charge in [0.25, 0.3) is 0 Å². The van der Waals surface area contributed by atoms with Gasteiger partial charge in [-0.3, -0.25) is 0 Å². The van der Waals surface area contributed by atoms with Crippen molar-refractivity contribution in [3.8, 4) is 0 Å². The van der Waals surface area contributed by atoms with Crippen molar-refractivity contribution in [2.45, 2.75) is 17.7 Å². The summed E-state index contributed by atoms with van der Waals surface area (Å²) in [6, 6.07) is 3.88. The van der Waals surface area contributed by atoms with E-state index in [-0.39, 0.29) is 17.1 Å². The lowest BCUT2D eigenvalue weighted by Crippen LogP contribution is -2.10. The highest BCUT2D eigenvalue weighted by Gasteiger charge is 2.20. The van der Waals surface area contributed by atoms with Crippen LogP contribution in [-0.4, -0.2) is 26.4 Å². The zero-order valence-electron chi connectivity index (χ0n) is 8.57. The first kappa shape index (κ1) is 12.1. The lowest BCUT2D eigenvalue weighted by molar-refractivity contribution is 0.269. The molecule has 0 aliphatic rings. The fourth-order valence-electron chi connectivity index (χ4n) is 1.41. The molecular formula is C10H13FO3S. The molecule has 0 spiro atoms. The van der Waals surface area contributed by atoms with Gasteiger partial charge in [0.1, 0.15) is 5.82 Å². The first-order valence-corrected chi connectivity index (χ1v) is 6.36. The summed E-state index contributed by atoms with van der Waals surface area (Å²) in [5.74, 6) is -1.13. The normalized spacial score (nSPS) is 13.9. The highest BCUT2D eigenvalue weighted by atomic mass is 32.2. The highest BCUT2D eigenvalue weighted by molar-refractivity contribution is 7.90. The minimum Gasteiger partial charge on any atom is -0.396 e. The van der Waals surface area contributed by atoms with Crippen LogP contribution in [0.15, 0.2) is 23.1 Å². The molecule has 0 bridgehead atoms. The molecule has 0 aromatic heterocycles. The minimum absolute atomic E-state index is 0.0518. The van der Waals surface area contributed by atoms with Crippen LogP contribution in [0.3, 0.4) is 0 Å². The molecule has 1 N–H and O–H groups in total. The maximum absolute atomic E-state index is 13.4. The smallest absolute Gasteiger partial charge is 0.175 e. The number of halogens is 1. The molecule has 0 radical (unpaired) electrons. The Balaban J connectivity index is 3.47. The first-order chi connectivity index (χ1) is 6.88. The summed E-state index contributed by atoms with van der Waals surface area (Å²) < 4.78 is 36.2. The molecule has 0 aliphatic heterocycles. The number of hydrogen-bond acceptors (Lipinski definition) is 3. The van der Waals surface area contributed by atoms with Gasteiger partial charge >= 0.3 is 0 Å². The molecule has 0 saturated carbocycles. The van der Waals surface area contributed by atoms with Crippen LogP contribution >= 0.6 is 0 Å². The van der Waals surface area contributed by atoms with E-state index in [1.165, 1.54) is 18.2 Å². The van der Waals surface area contributed by atoms with Gasteiger partial charge in [-0.1, -0.05) is 13.0 Å². The predicted octanol–water partition coefficient (Wildman–Crippen LogP) is 1.33. The van der Waals surface area contributed by atoms with Crippen LogP contribution in [0, 0.1) is 5.82 Å². The van der Waals surface area contributed by atoms with Gasteiger partial charge < -0.3 is 5.11 Å². The fraction of sp³-hybridized carbons (Fsp3) is 0.400. The number of hydrogen-bond donors (Lipinski definition) is 1. The average Bonchev–Trinajstić information content (AvgIpc) is 2.15. The maximum Gasteiger partial charge on any atom is 0.175 e. The molecule has 0 heterocycles. The van der Waals surface area contributed by atoms with Gasteiger partial charge in [0.05, 0.1) is 4.90 Å². The van der Waals surface area contributed by atoms with Crippen LogP contribution in [0.4, 0.5) is 4.39 Å². The van der Waals surface area contributed by atoms with Crippen LogP contribution in [0.1, 0.15) is 18.4 Å². The van der Waals surface area contributed by atoms with E-state index in [1.807, 2.05) is 0 Å². The van der Waals surface area contributed by atoms with Crippen LogP contribution in [-0.2, 0) is 9.84 Å². The van der Waals surface area contributed by atoms with Crippen LogP contribution < -0.4 is 0 Å². The SMILES string of the molecule is CC(CO)c1c(F)cccc1S(C)(=O)=O. The van der Waals surface area contributed by atoms with Gasteiger partial charge in [-0.05, 0) is 12.1 Å². The molecule has 5 heteroatoms. The van der Waals surface area contributed by atoms with Crippen LogP contribution in [0.5, 0.6) is 0 Å². The Morgan fingerprint density at radius 1 is 1.47 bits per heavy atom. The predicted molar refractivity (Wildman–Crippen MR) is 55.0 cm³/mol. The molecule has 1 unspecified atom stereocenters. The van der Waals surface area contributed by atoms with Crippen molar-refractivity contribution in [2.75, 3.05) is 12.9 Å². The molecule has 1 aromatic carbocycles. The molecule has 1 atom stereocenters. The van der Waals surface area contributed by atoms with Gasteiger partial charge in [0.15, 0.2) is 9.84 Å². The second-order valence-electron chi connectivity index (χ2n) is 3.51. The number of aliphatic hydroxyl groups is 1. The van der Waals surface area contributed by atoms with E-state index in [4.69, 9.17) is 5.11 Å². The molecule has 1 aromatic rings. The molecule has 0 saturated heterocycles. The topological polar surface area (TPSA) is 54.4 Å². The van der Waals surface area contributed by atoms with Crippen molar-refractivity contribution in [3.05, 3.63) is 29.6 Å². The van der Waals surface area contributed by atoms with Crippen molar-refractivity contribution < 1.29 is 17.9 Å². The zero-order chi connectivity index (χ0) is 11.6. The fourth-order valence-corrected chi connectivity index (χ4v) is 2.43. The van der Waals surface area contributed by atoms with Gasteiger partial charge in [0.2, 0.25) is 0 Å². The van der Waals surface area contributed by atoms with E-state index in [9.17, 15) is 12.8 Å².